The van der Waals surface area contributed by atoms with Crippen LogP contribution in [0.3, 0.4) is 0 Å². The SMILES string of the molecule is CC1CC(C)CN(Cc2ccc(CNC(=O)C3CCN(S(=O)(=O)Cc4ccccc4)CC3)cc2)C1. The van der Waals surface area contributed by atoms with Gasteiger partial charge in [0, 0.05) is 45.2 Å². The summed E-state index contributed by atoms with van der Waals surface area (Å²) in [7, 11) is -3.36. The Bertz CT molecular complexity index is 1050. The average Bonchev–Trinajstić information content (AvgIpc) is 2.83. The summed E-state index contributed by atoms with van der Waals surface area (Å²) in [6.07, 6.45) is 2.44. The van der Waals surface area contributed by atoms with E-state index in [9.17, 15) is 13.2 Å². The Hall–Kier alpha value is -2.22. The Labute approximate surface area is 210 Å². The van der Waals surface area contributed by atoms with Crippen molar-refractivity contribution in [2.24, 2.45) is 17.8 Å². The third kappa shape index (κ3) is 7.38. The van der Waals surface area contributed by atoms with Gasteiger partial charge >= 0.3 is 0 Å². The summed E-state index contributed by atoms with van der Waals surface area (Å²) in [6, 6.07) is 17.8. The molecule has 2 aliphatic heterocycles. The molecule has 0 radical (unpaired) electrons. The van der Waals surface area contributed by atoms with Crippen LogP contribution in [0.1, 0.15) is 49.8 Å². The highest BCUT2D eigenvalue weighted by atomic mass is 32.2. The Kier molecular flexibility index (Phi) is 8.63. The van der Waals surface area contributed by atoms with Gasteiger partial charge in [-0.25, -0.2) is 12.7 Å². The molecule has 35 heavy (non-hydrogen) atoms. The number of nitrogens with one attached hydrogen (secondary N) is 1. The third-order valence-electron chi connectivity index (χ3n) is 7.25. The molecular formula is C28H39N3O3S. The number of piperidine rings is 2. The van der Waals surface area contributed by atoms with Gasteiger partial charge in [-0.3, -0.25) is 9.69 Å². The van der Waals surface area contributed by atoms with Crippen LogP contribution < -0.4 is 5.32 Å². The minimum Gasteiger partial charge on any atom is -0.352 e. The molecule has 0 spiro atoms. The Balaban J connectivity index is 1.21. The summed E-state index contributed by atoms with van der Waals surface area (Å²) < 4.78 is 27.0. The van der Waals surface area contributed by atoms with Gasteiger partial charge in [0.1, 0.15) is 0 Å². The van der Waals surface area contributed by atoms with Gasteiger partial charge in [-0.2, -0.15) is 0 Å². The molecule has 4 rings (SSSR count). The van der Waals surface area contributed by atoms with Gasteiger partial charge in [0.25, 0.3) is 0 Å². The van der Waals surface area contributed by atoms with Crippen molar-refractivity contribution in [2.45, 2.75) is 52.0 Å². The first-order valence-electron chi connectivity index (χ1n) is 12.9. The highest BCUT2D eigenvalue weighted by Gasteiger charge is 2.31. The van der Waals surface area contributed by atoms with Crippen LogP contribution in [0.5, 0.6) is 0 Å². The van der Waals surface area contributed by atoms with Crippen molar-refractivity contribution in [3.8, 4) is 0 Å². The first-order chi connectivity index (χ1) is 16.8. The molecule has 1 amide bonds. The minimum absolute atomic E-state index is 0.0104. The van der Waals surface area contributed by atoms with Gasteiger partial charge < -0.3 is 5.32 Å². The van der Waals surface area contributed by atoms with Crippen LogP contribution in [0.2, 0.25) is 0 Å². The Morgan fingerprint density at radius 2 is 1.49 bits per heavy atom. The van der Waals surface area contributed by atoms with Crippen LogP contribution in [0.4, 0.5) is 0 Å². The average molecular weight is 498 g/mol. The van der Waals surface area contributed by atoms with E-state index in [2.05, 4.69) is 48.3 Å². The lowest BCUT2D eigenvalue weighted by Crippen LogP contribution is -2.43. The normalized spacial score (nSPS) is 22.7. The van der Waals surface area contributed by atoms with Crippen LogP contribution in [0.15, 0.2) is 54.6 Å². The Morgan fingerprint density at radius 1 is 0.886 bits per heavy atom. The fourth-order valence-corrected chi connectivity index (χ4v) is 7.11. The quantitative estimate of drug-likeness (QED) is 0.598. The molecule has 7 heteroatoms. The number of benzene rings is 2. The van der Waals surface area contributed by atoms with Crippen molar-refractivity contribution in [3.05, 3.63) is 71.3 Å². The predicted octanol–water partition coefficient (Wildman–Crippen LogP) is 4.02. The van der Waals surface area contributed by atoms with Gasteiger partial charge in [0.2, 0.25) is 15.9 Å². The lowest BCUT2D eigenvalue weighted by Gasteiger charge is -2.35. The molecule has 2 unspecified atom stereocenters. The summed E-state index contributed by atoms with van der Waals surface area (Å²) in [4.78, 5) is 15.3. The molecule has 2 aromatic rings. The second-order valence-corrected chi connectivity index (χ2v) is 12.6. The molecule has 2 fully saturated rings. The number of rotatable bonds is 8. The number of amides is 1. The standard InChI is InChI=1S/C28H39N3O3S/c1-22-16-23(2)19-30(18-22)20-25-10-8-24(9-11-25)17-29-28(32)27-12-14-31(15-13-27)35(33,34)21-26-6-4-3-5-7-26/h3-11,22-23,27H,12-21H2,1-2H3,(H,29,32). The molecule has 190 valence electrons. The van der Waals surface area contributed by atoms with Gasteiger partial charge in [0.05, 0.1) is 5.75 Å². The summed E-state index contributed by atoms with van der Waals surface area (Å²) in [5.74, 6) is 1.40. The fraction of sp³-hybridized carbons (Fsp3) is 0.536. The number of hydrogen-bond donors (Lipinski definition) is 1. The van der Waals surface area contributed by atoms with Crippen molar-refractivity contribution in [1.29, 1.82) is 0 Å². The number of carbonyl (C=O) groups is 1. The van der Waals surface area contributed by atoms with Crippen LogP contribution in [0, 0.1) is 17.8 Å². The van der Waals surface area contributed by atoms with E-state index in [1.54, 1.807) is 0 Å². The third-order valence-corrected chi connectivity index (χ3v) is 9.10. The molecule has 2 aliphatic rings. The zero-order chi connectivity index (χ0) is 24.8. The van der Waals surface area contributed by atoms with Crippen molar-refractivity contribution in [2.75, 3.05) is 26.2 Å². The number of carbonyl (C=O) groups excluding carboxylic acids is 1. The van der Waals surface area contributed by atoms with Crippen molar-refractivity contribution >= 4 is 15.9 Å². The maximum absolute atomic E-state index is 12.7. The molecule has 0 aliphatic carbocycles. The maximum Gasteiger partial charge on any atom is 0.223 e. The predicted molar refractivity (Wildman–Crippen MR) is 140 cm³/mol. The topological polar surface area (TPSA) is 69.7 Å². The number of likely N-dealkylation sites (tertiary alicyclic amines) is 1. The Morgan fingerprint density at radius 3 is 2.11 bits per heavy atom. The summed E-state index contributed by atoms with van der Waals surface area (Å²) >= 11 is 0. The highest BCUT2D eigenvalue weighted by molar-refractivity contribution is 7.88. The molecule has 2 heterocycles. The molecule has 1 N–H and O–H groups in total. The van der Waals surface area contributed by atoms with E-state index in [1.807, 2.05) is 30.3 Å². The van der Waals surface area contributed by atoms with Crippen LogP contribution >= 0.6 is 0 Å². The molecular weight excluding hydrogens is 458 g/mol. The highest BCUT2D eigenvalue weighted by Crippen LogP contribution is 2.23. The molecule has 2 atom stereocenters. The zero-order valence-electron chi connectivity index (χ0n) is 21.0. The van der Waals surface area contributed by atoms with E-state index in [1.165, 1.54) is 16.3 Å². The first kappa shape index (κ1) is 25.9. The molecule has 0 saturated carbocycles. The van der Waals surface area contributed by atoms with Crippen LogP contribution in [0.25, 0.3) is 0 Å². The van der Waals surface area contributed by atoms with E-state index in [-0.39, 0.29) is 17.6 Å². The van der Waals surface area contributed by atoms with E-state index in [0.29, 0.717) is 32.5 Å². The number of nitrogens with zero attached hydrogens (tertiary/aromatic N) is 2. The first-order valence-corrected chi connectivity index (χ1v) is 14.5. The van der Waals surface area contributed by atoms with Gasteiger partial charge in [-0.15, -0.1) is 0 Å². The summed E-state index contributed by atoms with van der Waals surface area (Å²) in [5, 5.41) is 3.06. The smallest absolute Gasteiger partial charge is 0.223 e. The van der Waals surface area contributed by atoms with Crippen molar-refractivity contribution in [1.82, 2.24) is 14.5 Å². The number of hydrogen-bond acceptors (Lipinski definition) is 4. The monoisotopic (exact) mass is 497 g/mol. The van der Waals surface area contributed by atoms with Crippen molar-refractivity contribution < 1.29 is 13.2 Å². The summed E-state index contributed by atoms with van der Waals surface area (Å²) in [5.41, 5.74) is 3.19. The fourth-order valence-electron chi connectivity index (χ4n) is 5.55. The maximum atomic E-state index is 12.7. The van der Waals surface area contributed by atoms with Crippen LogP contribution in [-0.2, 0) is 33.7 Å². The number of sulfonamides is 1. The lowest BCUT2D eigenvalue weighted by molar-refractivity contribution is -0.126. The largest absolute Gasteiger partial charge is 0.352 e. The van der Waals surface area contributed by atoms with Gasteiger partial charge in [-0.1, -0.05) is 68.4 Å². The van der Waals surface area contributed by atoms with E-state index >= 15 is 0 Å². The van der Waals surface area contributed by atoms with E-state index < -0.39 is 10.0 Å². The molecule has 0 bridgehead atoms. The van der Waals surface area contributed by atoms with Crippen LogP contribution in [-0.4, -0.2) is 49.7 Å². The zero-order valence-corrected chi connectivity index (χ0v) is 21.8. The molecule has 0 aromatic heterocycles. The summed E-state index contributed by atoms with van der Waals surface area (Å²) in [6.45, 7) is 9.27. The lowest BCUT2D eigenvalue weighted by atomic mass is 9.91. The van der Waals surface area contributed by atoms with Crippen molar-refractivity contribution in [3.63, 3.8) is 0 Å². The second-order valence-electron chi connectivity index (χ2n) is 10.6. The van der Waals surface area contributed by atoms with Gasteiger partial charge in [0.15, 0.2) is 0 Å². The molecule has 2 aromatic carbocycles. The molecule has 2 saturated heterocycles. The van der Waals surface area contributed by atoms with Gasteiger partial charge in [-0.05, 0) is 47.8 Å². The molecule has 6 nitrogen and oxygen atoms in total. The van der Waals surface area contributed by atoms with E-state index in [4.69, 9.17) is 0 Å². The second kappa shape index (κ2) is 11.7. The van der Waals surface area contributed by atoms with E-state index in [0.717, 1.165) is 42.6 Å². The minimum atomic E-state index is -3.36.